The van der Waals surface area contributed by atoms with E-state index in [4.69, 9.17) is 0 Å². The number of anilines is 1. The molecule has 2 heterocycles. The first kappa shape index (κ1) is 11.1. The first-order chi connectivity index (χ1) is 8.81. The number of hydrogen-bond donors (Lipinski definition) is 1. The molecule has 0 aromatic carbocycles. The Morgan fingerprint density at radius 1 is 1.17 bits per heavy atom. The lowest BCUT2D eigenvalue weighted by Gasteiger charge is -2.07. The minimum absolute atomic E-state index is 0.304. The molecule has 1 aliphatic rings. The monoisotopic (exact) mass is 243 g/mol. The van der Waals surface area contributed by atoms with Crippen LogP contribution in [0.3, 0.4) is 0 Å². The summed E-state index contributed by atoms with van der Waals surface area (Å²) in [6.07, 6.45) is 8.11. The summed E-state index contributed by atoms with van der Waals surface area (Å²) in [5, 5.41) is 3.25. The lowest BCUT2D eigenvalue weighted by molar-refractivity contribution is 0.619. The number of hydrogen-bond acceptors (Lipinski definition) is 3. The topological polar surface area (TPSA) is 37.8 Å². The summed E-state index contributed by atoms with van der Waals surface area (Å²) in [7, 11) is 0. The van der Waals surface area contributed by atoms with Crippen LogP contribution in [0.1, 0.15) is 23.2 Å². The molecule has 3 rings (SSSR count). The predicted octanol–water partition coefficient (Wildman–Crippen LogP) is 2.72. The van der Waals surface area contributed by atoms with Crippen LogP contribution in [0, 0.1) is 5.82 Å². The number of nitrogens with one attached hydrogen (secondary N) is 1. The van der Waals surface area contributed by atoms with Gasteiger partial charge in [-0.1, -0.05) is 0 Å². The quantitative estimate of drug-likeness (QED) is 0.900. The fraction of sp³-hybridized carbons (Fsp3) is 0.286. The van der Waals surface area contributed by atoms with Gasteiger partial charge in [-0.05, 0) is 42.5 Å². The largest absolute Gasteiger partial charge is 0.380 e. The first-order valence-corrected chi connectivity index (χ1v) is 6.12. The van der Waals surface area contributed by atoms with Crippen molar-refractivity contribution in [2.24, 2.45) is 0 Å². The summed E-state index contributed by atoms with van der Waals surface area (Å²) in [6, 6.07) is 3.63. The van der Waals surface area contributed by atoms with Crippen LogP contribution in [0.15, 0.2) is 30.7 Å². The molecule has 3 nitrogen and oxygen atoms in total. The van der Waals surface area contributed by atoms with Crippen LogP contribution in [0.25, 0.3) is 0 Å². The van der Waals surface area contributed by atoms with E-state index in [1.54, 1.807) is 6.20 Å². The third-order valence-electron chi connectivity index (χ3n) is 3.18. The predicted molar refractivity (Wildman–Crippen MR) is 67.8 cm³/mol. The van der Waals surface area contributed by atoms with Gasteiger partial charge in [0.1, 0.15) is 5.82 Å². The number of pyridine rings is 2. The standard InChI is InChI=1S/C14H14FN3/c15-12-4-10(6-16-8-12)7-17-13-5-11-2-1-3-14(11)18-9-13/h4-6,8-9,17H,1-3,7H2. The van der Waals surface area contributed by atoms with E-state index in [0.29, 0.717) is 6.54 Å². The van der Waals surface area contributed by atoms with Crippen molar-refractivity contribution in [2.75, 3.05) is 5.32 Å². The second kappa shape index (κ2) is 4.72. The highest BCUT2D eigenvalue weighted by atomic mass is 19.1. The number of nitrogens with zero attached hydrogens (tertiary/aromatic N) is 2. The van der Waals surface area contributed by atoms with Gasteiger partial charge in [-0.3, -0.25) is 9.97 Å². The van der Waals surface area contributed by atoms with Crippen molar-refractivity contribution in [1.82, 2.24) is 9.97 Å². The zero-order chi connectivity index (χ0) is 12.4. The Hall–Kier alpha value is -1.97. The van der Waals surface area contributed by atoms with Gasteiger partial charge in [-0.15, -0.1) is 0 Å². The van der Waals surface area contributed by atoms with Crippen LogP contribution in [-0.2, 0) is 19.4 Å². The van der Waals surface area contributed by atoms with Crippen LogP contribution >= 0.6 is 0 Å². The van der Waals surface area contributed by atoms with Gasteiger partial charge in [-0.2, -0.15) is 0 Å². The summed E-state index contributed by atoms with van der Waals surface area (Å²) in [5.41, 5.74) is 4.36. The molecule has 0 saturated heterocycles. The number of aryl methyl sites for hydroxylation is 2. The fourth-order valence-electron chi connectivity index (χ4n) is 2.28. The van der Waals surface area contributed by atoms with Crippen LogP contribution < -0.4 is 5.32 Å². The molecule has 0 atom stereocenters. The van der Waals surface area contributed by atoms with Gasteiger partial charge in [0.15, 0.2) is 0 Å². The second-order valence-corrected chi connectivity index (χ2v) is 4.55. The van der Waals surface area contributed by atoms with E-state index in [-0.39, 0.29) is 5.82 Å². The van der Waals surface area contributed by atoms with Crippen molar-refractivity contribution in [1.29, 1.82) is 0 Å². The molecule has 92 valence electrons. The van der Waals surface area contributed by atoms with E-state index in [1.165, 1.54) is 29.9 Å². The zero-order valence-electron chi connectivity index (χ0n) is 9.99. The molecule has 0 fully saturated rings. The smallest absolute Gasteiger partial charge is 0.141 e. The lowest BCUT2D eigenvalue weighted by atomic mass is 10.2. The van der Waals surface area contributed by atoms with Gasteiger partial charge in [-0.25, -0.2) is 4.39 Å². The third kappa shape index (κ3) is 2.32. The summed E-state index contributed by atoms with van der Waals surface area (Å²) in [5.74, 6) is -0.304. The molecule has 18 heavy (non-hydrogen) atoms. The normalized spacial score (nSPS) is 13.4. The number of rotatable bonds is 3. The Morgan fingerprint density at radius 2 is 2.11 bits per heavy atom. The molecule has 2 aromatic rings. The minimum Gasteiger partial charge on any atom is -0.380 e. The number of halogens is 1. The molecule has 2 aromatic heterocycles. The van der Waals surface area contributed by atoms with E-state index >= 15 is 0 Å². The van der Waals surface area contributed by atoms with Crippen molar-refractivity contribution in [3.8, 4) is 0 Å². The van der Waals surface area contributed by atoms with Gasteiger partial charge in [0, 0.05) is 18.4 Å². The van der Waals surface area contributed by atoms with Crippen molar-refractivity contribution in [3.05, 3.63) is 53.4 Å². The Kier molecular flexibility index (Phi) is 2.92. The molecule has 0 bridgehead atoms. The van der Waals surface area contributed by atoms with Crippen LogP contribution in [0.5, 0.6) is 0 Å². The number of fused-ring (bicyclic) bond motifs is 1. The van der Waals surface area contributed by atoms with Crippen molar-refractivity contribution < 1.29 is 4.39 Å². The van der Waals surface area contributed by atoms with Crippen molar-refractivity contribution in [2.45, 2.75) is 25.8 Å². The Morgan fingerprint density at radius 3 is 3.00 bits per heavy atom. The van der Waals surface area contributed by atoms with Gasteiger partial charge < -0.3 is 5.32 Å². The maximum Gasteiger partial charge on any atom is 0.141 e. The maximum atomic E-state index is 13.0. The van der Waals surface area contributed by atoms with Gasteiger partial charge in [0.05, 0.1) is 18.1 Å². The minimum atomic E-state index is -0.304. The molecule has 0 saturated carbocycles. The summed E-state index contributed by atoms with van der Waals surface area (Å²) >= 11 is 0. The average molecular weight is 243 g/mol. The van der Waals surface area contributed by atoms with E-state index in [2.05, 4.69) is 21.4 Å². The lowest BCUT2D eigenvalue weighted by Crippen LogP contribution is -2.02. The average Bonchev–Trinajstić information content (AvgIpc) is 2.84. The molecular weight excluding hydrogens is 229 g/mol. The van der Waals surface area contributed by atoms with E-state index < -0.39 is 0 Å². The molecule has 1 aliphatic carbocycles. The molecule has 0 spiro atoms. The first-order valence-electron chi connectivity index (χ1n) is 6.12. The SMILES string of the molecule is Fc1cncc(CNc2cnc3c(c2)CCC3)c1. The molecule has 0 aliphatic heterocycles. The molecule has 1 N–H and O–H groups in total. The second-order valence-electron chi connectivity index (χ2n) is 4.55. The van der Waals surface area contributed by atoms with Crippen molar-refractivity contribution >= 4 is 5.69 Å². The van der Waals surface area contributed by atoms with Gasteiger partial charge in [0.25, 0.3) is 0 Å². The van der Waals surface area contributed by atoms with Gasteiger partial charge >= 0.3 is 0 Å². The third-order valence-corrected chi connectivity index (χ3v) is 3.18. The number of aromatic nitrogens is 2. The van der Waals surface area contributed by atoms with Crippen LogP contribution in [0.4, 0.5) is 10.1 Å². The molecular formula is C14H14FN3. The molecule has 4 heteroatoms. The maximum absolute atomic E-state index is 13.0. The summed E-state index contributed by atoms with van der Waals surface area (Å²) < 4.78 is 13.0. The summed E-state index contributed by atoms with van der Waals surface area (Å²) in [4.78, 5) is 8.26. The van der Waals surface area contributed by atoms with Gasteiger partial charge in [0.2, 0.25) is 0 Å². The molecule has 0 radical (unpaired) electrons. The van der Waals surface area contributed by atoms with Crippen LogP contribution in [0.2, 0.25) is 0 Å². The summed E-state index contributed by atoms with van der Waals surface area (Å²) in [6.45, 7) is 0.561. The Labute approximate surface area is 105 Å². The highest BCUT2D eigenvalue weighted by Crippen LogP contribution is 2.22. The van der Waals surface area contributed by atoms with Crippen LogP contribution in [-0.4, -0.2) is 9.97 Å². The Bertz CT molecular complexity index is 569. The zero-order valence-corrected chi connectivity index (χ0v) is 9.99. The van der Waals surface area contributed by atoms with E-state index in [0.717, 1.165) is 24.1 Å². The highest BCUT2D eigenvalue weighted by molar-refractivity contribution is 5.46. The Balaban J connectivity index is 1.70. The fourth-order valence-corrected chi connectivity index (χ4v) is 2.28. The van der Waals surface area contributed by atoms with E-state index in [1.807, 2.05) is 6.20 Å². The molecule has 0 amide bonds. The van der Waals surface area contributed by atoms with Crippen molar-refractivity contribution in [3.63, 3.8) is 0 Å². The van der Waals surface area contributed by atoms with E-state index in [9.17, 15) is 4.39 Å². The molecule has 0 unspecified atom stereocenters. The highest BCUT2D eigenvalue weighted by Gasteiger charge is 2.12.